The van der Waals surface area contributed by atoms with E-state index in [2.05, 4.69) is 6.92 Å². The number of hydrogen-bond acceptors (Lipinski definition) is 16. The van der Waals surface area contributed by atoms with Crippen molar-refractivity contribution in [3.63, 3.8) is 0 Å². The number of ether oxygens (including phenoxy) is 5. The van der Waals surface area contributed by atoms with Crippen molar-refractivity contribution in [3.8, 4) is 11.5 Å². The van der Waals surface area contributed by atoms with Crippen LogP contribution in [0.2, 0.25) is 0 Å². The van der Waals surface area contributed by atoms with Gasteiger partial charge in [0.15, 0.2) is 12.4 Å². The average molecular weight is 833 g/mol. The molecule has 11 atom stereocenters. The number of aromatic hydroxyl groups is 2. The maximum absolute atomic E-state index is 13.3. The summed E-state index contributed by atoms with van der Waals surface area (Å²) in [5.74, 6) is -2.63. The third-order valence-electron chi connectivity index (χ3n) is 9.52. The van der Waals surface area contributed by atoms with Gasteiger partial charge in [-0.1, -0.05) is 80.5 Å². The fourth-order valence-electron chi connectivity index (χ4n) is 6.50. The van der Waals surface area contributed by atoms with Gasteiger partial charge in [0.05, 0.1) is 12.2 Å². The van der Waals surface area contributed by atoms with E-state index in [1.54, 1.807) is 36.5 Å². The maximum Gasteiger partial charge on any atom is 0.331 e. The summed E-state index contributed by atoms with van der Waals surface area (Å²) in [6, 6.07) is 2.24. The molecule has 0 amide bonds. The highest BCUT2D eigenvalue weighted by molar-refractivity contribution is 5.82. The highest BCUT2D eigenvalue weighted by atomic mass is 16.7. The predicted octanol–water partition coefficient (Wildman–Crippen LogP) is 2.15. The second-order valence-electron chi connectivity index (χ2n) is 14.0. The van der Waals surface area contributed by atoms with Gasteiger partial charge < -0.3 is 69.6 Å². The van der Waals surface area contributed by atoms with E-state index in [4.69, 9.17) is 23.7 Å². The lowest BCUT2D eigenvalue weighted by Gasteiger charge is -2.47. The van der Waals surface area contributed by atoms with Crippen LogP contribution in [0.1, 0.15) is 69.6 Å². The van der Waals surface area contributed by atoms with Crippen molar-refractivity contribution in [1.29, 1.82) is 0 Å². The molecule has 2 heterocycles. The molecular formula is C43H60O16. The largest absolute Gasteiger partial charge is 0.508 e. The first-order valence-corrected chi connectivity index (χ1v) is 19.8. The third kappa shape index (κ3) is 15.4. The molecule has 16 heteroatoms. The molecule has 16 nitrogen and oxygen atoms in total. The summed E-state index contributed by atoms with van der Waals surface area (Å²) in [5.41, 5.74) is 0.134. The summed E-state index contributed by atoms with van der Waals surface area (Å²) in [7, 11) is 0. The number of benzene rings is 1. The van der Waals surface area contributed by atoms with Crippen LogP contribution in [0.15, 0.2) is 85.0 Å². The van der Waals surface area contributed by atoms with Gasteiger partial charge in [0.25, 0.3) is 0 Å². The SMILES string of the molecule is CC=CC=C[C@H](O)CC=CC=CC(=O)O[C@H]1[C@H](O)[C@@H](c2c(O)cc(O)cc2CCO)O[C@@H](CCO)[C@@H]1O[C@H]1O[C@@H](COC(=O)C=CC=CCCCCC)[C@H](O)[C@H](O)[C@@H]1O. The van der Waals surface area contributed by atoms with E-state index >= 15 is 0 Å². The van der Waals surface area contributed by atoms with Gasteiger partial charge in [0.2, 0.25) is 0 Å². The summed E-state index contributed by atoms with van der Waals surface area (Å²) in [5, 5.41) is 95.3. The Morgan fingerprint density at radius 3 is 2.24 bits per heavy atom. The van der Waals surface area contributed by atoms with E-state index in [0.717, 1.165) is 43.9 Å². The normalized spacial score (nSPS) is 28.5. The Kier molecular flexibility index (Phi) is 21.8. The van der Waals surface area contributed by atoms with Crippen LogP contribution in [0, 0.1) is 0 Å². The minimum absolute atomic E-state index is 0.0530. The van der Waals surface area contributed by atoms with E-state index in [-0.39, 0.29) is 36.1 Å². The number of esters is 2. The van der Waals surface area contributed by atoms with E-state index in [0.29, 0.717) is 0 Å². The first kappa shape index (κ1) is 49.2. The molecule has 2 aliphatic rings. The minimum atomic E-state index is -1.93. The highest BCUT2D eigenvalue weighted by Gasteiger charge is 2.53. The molecule has 0 spiro atoms. The van der Waals surface area contributed by atoms with E-state index in [1.165, 1.54) is 24.3 Å². The van der Waals surface area contributed by atoms with E-state index in [1.807, 2.05) is 13.0 Å². The summed E-state index contributed by atoms with van der Waals surface area (Å²) >= 11 is 0. The van der Waals surface area contributed by atoms with Gasteiger partial charge in [-0.05, 0) is 50.7 Å². The Morgan fingerprint density at radius 2 is 1.54 bits per heavy atom. The molecule has 0 aromatic heterocycles. The number of phenolic OH excluding ortho intramolecular Hbond substituents is 2. The Balaban J connectivity index is 1.89. The van der Waals surface area contributed by atoms with Crippen LogP contribution < -0.4 is 0 Å². The van der Waals surface area contributed by atoms with Crippen LogP contribution in [0.4, 0.5) is 0 Å². The molecule has 0 saturated carbocycles. The molecule has 59 heavy (non-hydrogen) atoms. The first-order valence-electron chi connectivity index (χ1n) is 19.8. The molecule has 1 aromatic carbocycles. The summed E-state index contributed by atoms with van der Waals surface area (Å²) < 4.78 is 29.0. The first-order chi connectivity index (χ1) is 28.4. The summed E-state index contributed by atoms with van der Waals surface area (Å²) in [6.45, 7) is 2.40. The fraction of sp³-hybridized carbons (Fsp3) is 0.535. The van der Waals surface area contributed by atoms with Crippen molar-refractivity contribution in [1.82, 2.24) is 0 Å². The van der Waals surface area contributed by atoms with Crippen molar-refractivity contribution in [2.24, 2.45) is 0 Å². The number of aliphatic hydroxyl groups excluding tert-OH is 7. The van der Waals surface area contributed by atoms with Crippen LogP contribution in [0.3, 0.4) is 0 Å². The molecular weight excluding hydrogens is 772 g/mol. The van der Waals surface area contributed by atoms with Crippen molar-refractivity contribution in [2.45, 2.75) is 126 Å². The predicted molar refractivity (Wildman–Crippen MR) is 214 cm³/mol. The summed E-state index contributed by atoms with van der Waals surface area (Å²) in [4.78, 5) is 25.7. The smallest absolute Gasteiger partial charge is 0.331 e. The zero-order valence-corrected chi connectivity index (χ0v) is 33.4. The molecule has 328 valence electrons. The zero-order chi connectivity index (χ0) is 43.3. The van der Waals surface area contributed by atoms with E-state index in [9.17, 15) is 55.5 Å². The molecule has 0 bridgehead atoms. The topological polar surface area (TPSA) is 262 Å². The number of phenols is 2. The minimum Gasteiger partial charge on any atom is -0.508 e. The maximum atomic E-state index is 13.3. The number of aliphatic hydroxyl groups is 7. The van der Waals surface area contributed by atoms with Gasteiger partial charge in [0.1, 0.15) is 60.8 Å². The lowest BCUT2D eigenvalue weighted by Crippen LogP contribution is -2.63. The molecule has 1 aromatic rings. The number of carbonyl (C=O) groups is 2. The molecule has 2 saturated heterocycles. The van der Waals surface area contributed by atoms with Crippen molar-refractivity contribution in [3.05, 3.63) is 96.2 Å². The highest BCUT2D eigenvalue weighted by Crippen LogP contribution is 2.43. The van der Waals surface area contributed by atoms with Gasteiger partial charge >= 0.3 is 11.9 Å². The van der Waals surface area contributed by atoms with Gasteiger partial charge in [-0.3, -0.25) is 0 Å². The standard InChI is InChI=1S/C43H60O16/c1-3-5-7-8-9-10-14-18-33(49)55-26-32-36(51)37(52)38(53)43(57-32)59-40-31(21-23-45)56-41(35-27(20-22-44)24-29(47)25-30(35)48)39(54)42(40)58-34(50)19-15-11-13-17-28(46)16-12-6-4-2/h4,6,9-16,18-19,24-25,28,31-32,36-48,51-54H,3,5,7-8,17,20-23,26H2,1-2H3/t28-,31-,32-,36-,37-,38-,39+,40-,41+,42-,43+/m0/s1. The van der Waals surface area contributed by atoms with Crippen LogP contribution in [-0.2, 0) is 39.7 Å². The number of carbonyl (C=O) groups excluding carboxylic acids is 2. The van der Waals surface area contributed by atoms with E-state index < -0.39 is 105 Å². The number of unbranched alkanes of at least 4 members (excludes halogenated alkanes) is 3. The van der Waals surface area contributed by atoms with Gasteiger partial charge in [-0.2, -0.15) is 0 Å². The molecule has 2 fully saturated rings. The fourth-order valence-corrected chi connectivity index (χ4v) is 6.50. The molecule has 2 aliphatic heterocycles. The van der Waals surface area contributed by atoms with Crippen LogP contribution in [0.25, 0.3) is 0 Å². The summed E-state index contributed by atoms with van der Waals surface area (Å²) in [6.07, 6.45) is 5.02. The van der Waals surface area contributed by atoms with Crippen molar-refractivity contribution in [2.75, 3.05) is 19.8 Å². The van der Waals surface area contributed by atoms with Crippen molar-refractivity contribution >= 4 is 11.9 Å². The van der Waals surface area contributed by atoms with Gasteiger partial charge in [-0.25, -0.2) is 9.59 Å². The Hall–Kier alpha value is -4.20. The average Bonchev–Trinajstić information content (AvgIpc) is 3.19. The zero-order valence-electron chi connectivity index (χ0n) is 33.4. The van der Waals surface area contributed by atoms with Crippen LogP contribution in [0.5, 0.6) is 11.5 Å². The third-order valence-corrected chi connectivity index (χ3v) is 9.52. The van der Waals surface area contributed by atoms with Gasteiger partial charge in [0, 0.05) is 37.0 Å². The quantitative estimate of drug-likeness (QED) is 0.0351. The lowest BCUT2D eigenvalue weighted by molar-refractivity contribution is -0.342. The number of rotatable bonds is 22. The molecule has 3 rings (SSSR count). The number of allylic oxidation sites excluding steroid dienone is 8. The number of hydrogen-bond donors (Lipinski definition) is 9. The Morgan fingerprint density at radius 1 is 0.814 bits per heavy atom. The van der Waals surface area contributed by atoms with Crippen LogP contribution in [-0.4, -0.2) is 139 Å². The van der Waals surface area contributed by atoms with Crippen LogP contribution >= 0.6 is 0 Å². The second kappa shape index (κ2) is 26.1. The van der Waals surface area contributed by atoms with Crippen molar-refractivity contribution < 1.29 is 79.2 Å². The molecule has 0 radical (unpaired) electrons. The lowest BCUT2D eigenvalue weighted by atomic mass is 9.86. The second-order valence-corrected chi connectivity index (χ2v) is 14.0. The Labute approximate surface area is 344 Å². The monoisotopic (exact) mass is 832 g/mol. The molecule has 9 N–H and O–H groups in total. The molecule has 0 unspecified atom stereocenters. The van der Waals surface area contributed by atoms with Gasteiger partial charge in [-0.15, -0.1) is 0 Å². The molecule has 0 aliphatic carbocycles. The Bertz CT molecular complexity index is 1620.